The Morgan fingerprint density at radius 3 is 1.64 bits per heavy atom. The summed E-state index contributed by atoms with van der Waals surface area (Å²) in [6.45, 7) is 2.76. The zero-order valence-electron chi connectivity index (χ0n) is 38.7. The zero-order chi connectivity index (χ0) is 49.1. The second-order valence-corrected chi connectivity index (χ2v) is 18.5. The normalized spacial score (nSPS) is 22.8. The molecule has 1 rings (SSSR count). The minimum absolute atomic E-state index is 0.000104. The van der Waals surface area contributed by atoms with Crippen molar-refractivity contribution in [3.05, 3.63) is 85.1 Å². The topological polar surface area (TPSA) is 276 Å². The van der Waals surface area contributed by atoms with Crippen molar-refractivity contribution in [1.82, 2.24) is 0 Å². The van der Waals surface area contributed by atoms with Gasteiger partial charge in [0.15, 0.2) is 6.10 Å². The highest BCUT2D eigenvalue weighted by Gasteiger charge is 2.54. The molecule has 0 amide bonds. The smallest absolute Gasteiger partial charge is 0.462 e. The quantitative estimate of drug-likeness (QED) is 0.0129. The molecule has 378 valence electrons. The third-order valence-corrected chi connectivity index (χ3v) is 11.5. The van der Waals surface area contributed by atoms with Gasteiger partial charge in [-0.15, -0.1) is 0 Å². The van der Waals surface area contributed by atoms with Crippen molar-refractivity contribution in [2.45, 2.75) is 185 Å². The van der Waals surface area contributed by atoms with Gasteiger partial charge >= 0.3 is 27.6 Å². The Morgan fingerprint density at radius 1 is 0.561 bits per heavy atom. The van der Waals surface area contributed by atoms with Crippen LogP contribution in [0.25, 0.3) is 0 Å². The van der Waals surface area contributed by atoms with E-state index in [1.54, 1.807) is 0 Å². The van der Waals surface area contributed by atoms with Crippen molar-refractivity contribution in [3.63, 3.8) is 0 Å². The highest BCUT2D eigenvalue weighted by Crippen LogP contribution is 2.49. The molecule has 17 nitrogen and oxygen atoms in total. The van der Waals surface area contributed by atoms with Gasteiger partial charge in [-0.1, -0.05) is 131 Å². The number of aliphatic hydroxyl groups excluding tert-OH is 5. The van der Waals surface area contributed by atoms with Gasteiger partial charge in [-0.25, -0.2) is 9.13 Å². The van der Waals surface area contributed by atoms with Crippen LogP contribution in [0.3, 0.4) is 0 Å². The number of unbranched alkanes of at least 4 members (excludes halogenated alkanes) is 7. The Hall–Kier alpha value is -2.86. The summed E-state index contributed by atoms with van der Waals surface area (Å²) in [6, 6.07) is 0. The molecule has 0 spiro atoms. The number of carbonyl (C=O) groups excluding carboxylic acids is 2. The van der Waals surface area contributed by atoms with E-state index in [9.17, 15) is 49.1 Å². The van der Waals surface area contributed by atoms with Crippen LogP contribution in [-0.2, 0) is 41.8 Å². The van der Waals surface area contributed by atoms with E-state index in [-0.39, 0.29) is 12.8 Å². The second-order valence-electron chi connectivity index (χ2n) is 15.9. The summed E-state index contributed by atoms with van der Waals surface area (Å²) in [5.74, 6) is -1.32. The fraction of sp³-hybridized carbons (Fsp3) is 0.660. The molecular formula is C47H78O17P2. The van der Waals surface area contributed by atoms with Crippen molar-refractivity contribution in [1.29, 1.82) is 0 Å². The molecule has 0 saturated heterocycles. The number of hydrogen-bond acceptors (Lipinski definition) is 14. The monoisotopic (exact) mass is 976 g/mol. The Morgan fingerprint density at radius 2 is 1.06 bits per heavy atom. The SMILES string of the molecule is CC/C=C\C/C=C\C/C=C\CCCCCCCC(=O)O[C@H](COC(=O)CCC/C=C\C/C=C\C/C=C\C/C=C\[C@@H](O)CCCC)COP(=O)(O)O[C@H]1C(O)C(O)C(O)[C@@H](OP(=O)(O)O)C1O. The van der Waals surface area contributed by atoms with Crippen LogP contribution in [0.1, 0.15) is 136 Å². The maximum Gasteiger partial charge on any atom is 0.472 e. The fourth-order valence-corrected chi connectivity index (χ4v) is 7.94. The molecule has 0 aromatic heterocycles. The van der Waals surface area contributed by atoms with E-state index in [4.69, 9.17) is 28.3 Å². The molecule has 9 atom stereocenters. The number of esters is 2. The van der Waals surface area contributed by atoms with E-state index in [2.05, 4.69) is 60.9 Å². The molecule has 0 aromatic rings. The maximum absolute atomic E-state index is 13.0. The summed E-state index contributed by atoms with van der Waals surface area (Å²) >= 11 is 0. The van der Waals surface area contributed by atoms with E-state index >= 15 is 0 Å². The number of rotatable bonds is 37. The first-order valence-electron chi connectivity index (χ1n) is 23.2. The predicted octanol–water partition coefficient (Wildman–Crippen LogP) is 7.58. The van der Waals surface area contributed by atoms with Crippen LogP contribution in [0.2, 0.25) is 0 Å². The Labute approximate surface area is 391 Å². The summed E-state index contributed by atoms with van der Waals surface area (Å²) in [5, 5.41) is 51.0. The lowest BCUT2D eigenvalue weighted by molar-refractivity contribution is -0.216. The molecule has 1 saturated carbocycles. The fourth-order valence-electron chi connectivity index (χ4n) is 6.40. The summed E-state index contributed by atoms with van der Waals surface area (Å²) < 4.78 is 49.2. The minimum Gasteiger partial charge on any atom is -0.462 e. The van der Waals surface area contributed by atoms with E-state index in [0.29, 0.717) is 25.7 Å². The van der Waals surface area contributed by atoms with Gasteiger partial charge in [-0.2, -0.15) is 0 Å². The number of ether oxygens (including phenoxy) is 2. The van der Waals surface area contributed by atoms with Gasteiger partial charge in [-0.3, -0.25) is 23.2 Å². The van der Waals surface area contributed by atoms with E-state index in [1.165, 1.54) is 0 Å². The Balaban J connectivity index is 2.67. The van der Waals surface area contributed by atoms with Crippen LogP contribution >= 0.6 is 15.6 Å². The molecule has 0 aliphatic heterocycles. The van der Waals surface area contributed by atoms with Crippen LogP contribution in [-0.4, -0.2) is 114 Å². The minimum atomic E-state index is -5.38. The average molecular weight is 977 g/mol. The molecular weight excluding hydrogens is 898 g/mol. The molecule has 5 unspecified atom stereocenters. The molecule has 0 bridgehead atoms. The lowest BCUT2D eigenvalue weighted by Gasteiger charge is -2.43. The third kappa shape index (κ3) is 31.2. The van der Waals surface area contributed by atoms with Crippen molar-refractivity contribution in [3.8, 4) is 0 Å². The van der Waals surface area contributed by atoms with Crippen LogP contribution in [0.15, 0.2) is 85.1 Å². The Kier molecular flexibility index (Phi) is 34.4. The molecule has 8 N–H and O–H groups in total. The molecule has 1 aliphatic carbocycles. The van der Waals surface area contributed by atoms with Gasteiger partial charge in [0.2, 0.25) is 0 Å². The molecule has 66 heavy (non-hydrogen) atoms. The number of hydrogen-bond donors (Lipinski definition) is 8. The third-order valence-electron chi connectivity index (χ3n) is 10.0. The van der Waals surface area contributed by atoms with E-state index in [0.717, 1.165) is 83.5 Å². The lowest BCUT2D eigenvalue weighted by atomic mass is 9.85. The number of allylic oxidation sites excluding steroid dienone is 13. The van der Waals surface area contributed by atoms with Gasteiger partial charge in [-0.05, 0) is 77.0 Å². The number of carbonyl (C=O) groups is 2. The second kappa shape index (κ2) is 37.1. The number of phosphoric acid groups is 2. The summed E-state index contributed by atoms with van der Waals surface area (Å²) in [6.07, 6.45) is 27.4. The van der Waals surface area contributed by atoms with Crippen molar-refractivity contribution in [2.24, 2.45) is 0 Å². The van der Waals surface area contributed by atoms with Crippen LogP contribution < -0.4 is 0 Å². The van der Waals surface area contributed by atoms with Crippen molar-refractivity contribution < 1.29 is 82.0 Å². The zero-order valence-corrected chi connectivity index (χ0v) is 40.5. The van der Waals surface area contributed by atoms with Crippen LogP contribution in [0, 0.1) is 0 Å². The van der Waals surface area contributed by atoms with Gasteiger partial charge < -0.3 is 49.7 Å². The molecule has 0 radical (unpaired) electrons. The van der Waals surface area contributed by atoms with Crippen molar-refractivity contribution in [2.75, 3.05) is 13.2 Å². The van der Waals surface area contributed by atoms with Gasteiger partial charge in [0.1, 0.15) is 43.2 Å². The lowest BCUT2D eigenvalue weighted by Crippen LogP contribution is -2.64. The number of aliphatic hydroxyl groups is 5. The van der Waals surface area contributed by atoms with Crippen molar-refractivity contribution >= 4 is 27.6 Å². The summed E-state index contributed by atoms with van der Waals surface area (Å²) in [4.78, 5) is 54.2. The molecule has 1 aliphatic rings. The Bertz CT molecular complexity index is 1620. The first kappa shape index (κ1) is 61.2. The molecule has 19 heteroatoms. The largest absolute Gasteiger partial charge is 0.472 e. The summed E-state index contributed by atoms with van der Waals surface area (Å²) in [5.41, 5.74) is 0. The highest BCUT2D eigenvalue weighted by molar-refractivity contribution is 7.47. The average Bonchev–Trinajstić information content (AvgIpc) is 3.27. The van der Waals surface area contributed by atoms with E-state index in [1.807, 2.05) is 42.5 Å². The van der Waals surface area contributed by atoms with Gasteiger partial charge in [0.05, 0.1) is 12.7 Å². The molecule has 0 aromatic carbocycles. The first-order valence-corrected chi connectivity index (χ1v) is 26.3. The van der Waals surface area contributed by atoms with Gasteiger partial charge in [0.25, 0.3) is 0 Å². The van der Waals surface area contributed by atoms with E-state index < -0.39 is 89.6 Å². The molecule has 1 fully saturated rings. The van der Waals surface area contributed by atoms with Crippen LogP contribution in [0.5, 0.6) is 0 Å². The summed E-state index contributed by atoms with van der Waals surface area (Å²) in [7, 11) is -10.7. The maximum atomic E-state index is 13.0. The predicted molar refractivity (Wildman–Crippen MR) is 251 cm³/mol. The standard InChI is InChI=1S/C47H78O17P2/c1-3-5-7-8-9-10-11-12-13-14-19-22-25-28-31-35-41(50)62-39(37-61-66(58,59)64-47-44(53)42(51)43(52)46(45(47)54)63-65(55,56)57)36-60-40(49)34-30-27-24-21-18-16-15-17-20-23-26-29-33-38(48)32-6-4-2/h5,7,9-10,12-13,15-16,20-21,23-24,29,33,38-39,42-48,51-54H,3-4,6,8,11,14,17-19,22,25-28,30-32,34-37H2,1-2H3,(H,58,59)(H2,55,56,57)/b7-5-,10-9-,13-12-,16-15-,23-20-,24-21-,33-29-/t38-,39+,42?,43?,44?,45?,46+,47-/m0/s1. The van der Waals surface area contributed by atoms with Crippen LogP contribution in [0.4, 0.5) is 0 Å². The highest BCUT2D eigenvalue weighted by atomic mass is 31.2. The first-order chi connectivity index (χ1) is 31.5. The number of phosphoric ester groups is 2. The molecule has 0 heterocycles. The van der Waals surface area contributed by atoms with Gasteiger partial charge in [0, 0.05) is 12.8 Å².